The highest BCUT2D eigenvalue weighted by Crippen LogP contribution is 2.29. The van der Waals surface area contributed by atoms with Crippen molar-refractivity contribution in [3.05, 3.63) is 40.3 Å². The lowest BCUT2D eigenvalue weighted by Gasteiger charge is -2.31. The number of hydrogen-bond acceptors (Lipinski definition) is 6. The molecule has 0 bridgehead atoms. The van der Waals surface area contributed by atoms with Crippen molar-refractivity contribution in [3.63, 3.8) is 0 Å². The van der Waals surface area contributed by atoms with Gasteiger partial charge in [-0.2, -0.15) is 0 Å². The Hall–Kier alpha value is -2.52. The van der Waals surface area contributed by atoms with Crippen molar-refractivity contribution in [1.29, 1.82) is 0 Å². The van der Waals surface area contributed by atoms with Gasteiger partial charge >= 0.3 is 6.03 Å². The van der Waals surface area contributed by atoms with Crippen LogP contribution in [0.15, 0.2) is 30.3 Å². The number of piperidine rings is 1. The maximum atomic E-state index is 12.3. The summed E-state index contributed by atoms with van der Waals surface area (Å²) in [5.41, 5.74) is 0.718. The van der Waals surface area contributed by atoms with Crippen molar-refractivity contribution in [3.8, 4) is 0 Å². The minimum atomic E-state index is -0.269. The molecule has 3 rings (SSSR count). The van der Waals surface area contributed by atoms with E-state index in [1.165, 1.54) is 11.3 Å². The van der Waals surface area contributed by atoms with Crippen LogP contribution in [0.4, 0.5) is 10.5 Å². The summed E-state index contributed by atoms with van der Waals surface area (Å²) in [6.07, 6.45) is 1.82. The van der Waals surface area contributed by atoms with E-state index in [4.69, 9.17) is 4.74 Å². The lowest BCUT2D eigenvalue weighted by molar-refractivity contribution is 0.102. The minimum absolute atomic E-state index is 0.0942. The van der Waals surface area contributed by atoms with Gasteiger partial charge in [-0.1, -0.05) is 29.5 Å². The van der Waals surface area contributed by atoms with Crippen LogP contribution in [0.5, 0.6) is 0 Å². The van der Waals surface area contributed by atoms with Gasteiger partial charge < -0.3 is 20.3 Å². The summed E-state index contributed by atoms with van der Waals surface area (Å²) in [6.45, 7) is 2.27. The van der Waals surface area contributed by atoms with Crippen LogP contribution in [0, 0.1) is 0 Å². The molecule has 2 aromatic rings. The second-order valence-electron chi connectivity index (χ2n) is 6.28. The van der Waals surface area contributed by atoms with Crippen LogP contribution in [0.3, 0.4) is 0 Å². The van der Waals surface area contributed by atoms with Gasteiger partial charge in [-0.05, 0) is 25.0 Å². The summed E-state index contributed by atoms with van der Waals surface area (Å²) in [4.78, 5) is 26.4. The lowest BCUT2D eigenvalue weighted by atomic mass is 9.99. The van der Waals surface area contributed by atoms with Crippen LogP contribution >= 0.6 is 11.3 Å². The van der Waals surface area contributed by atoms with E-state index in [0.29, 0.717) is 24.7 Å². The van der Waals surface area contributed by atoms with E-state index in [1.54, 1.807) is 12.0 Å². The number of nitrogens with one attached hydrogen (secondary N) is 2. The number of methoxy groups -OCH3 is 1. The fourth-order valence-corrected chi connectivity index (χ4v) is 3.80. The van der Waals surface area contributed by atoms with Crippen molar-refractivity contribution in [1.82, 2.24) is 20.4 Å². The smallest absolute Gasteiger partial charge is 0.317 e. The first kappa shape index (κ1) is 19.2. The number of rotatable bonds is 6. The predicted molar refractivity (Wildman–Crippen MR) is 103 cm³/mol. The Morgan fingerprint density at radius 2 is 2.11 bits per heavy atom. The quantitative estimate of drug-likeness (QED) is 0.739. The highest BCUT2D eigenvalue weighted by Gasteiger charge is 2.28. The molecule has 2 heterocycles. The molecule has 1 aliphatic heterocycles. The van der Waals surface area contributed by atoms with E-state index in [-0.39, 0.29) is 17.9 Å². The van der Waals surface area contributed by atoms with Crippen molar-refractivity contribution >= 4 is 29.0 Å². The van der Waals surface area contributed by atoms with Crippen LogP contribution in [0.2, 0.25) is 0 Å². The second-order valence-corrected chi connectivity index (χ2v) is 7.28. The Morgan fingerprint density at radius 1 is 1.30 bits per heavy atom. The minimum Gasteiger partial charge on any atom is -0.383 e. The molecule has 1 aromatic carbocycles. The number of nitrogens with zero attached hydrogens (tertiary/aromatic N) is 3. The zero-order valence-corrected chi connectivity index (χ0v) is 16.0. The van der Waals surface area contributed by atoms with Crippen LogP contribution in [-0.4, -0.2) is 60.4 Å². The molecule has 27 heavy (non-hydrogen) atoms. The first-order chi connectivity index (χ1) is 13.2. The Kier molecular flexibility index (Phi) is 6.72. The van der Waals surface area contributed by atoms with Gasteiger partial charge in [0.2, 0.25) is 5.01 Å². The molecule has 1 aliphatic rings. The lowest BCUT2D eigenvalue weighted by Crippen LogP contribution is -2.45. The third kappa shape index (κ3) is 5.24. The highest BCUT2D eigenvalue weighted by molar-refractivity contribution is 7.13. The summed E-state index contributed by atoms with van der Waals surface area (Å²) in [6, 6.07) is 9.15. The van der Waals surface area contributed by atoms with Crippen LogP contribution in [0.25, 0.3) is 0 Å². The molecular weight excluding hydrogens is 366 g/mol. The maximum Gasteiger partial charge on any atom is 0.317 e. The summed E-state index contributed by atoms with van der Waals surface area (Å²) < 4.78 is 4.95. The fourth-order valence-electron chi connectivity index (χ4n) is 2.93. The molecular formula is C18H23N5O3S. The molecule has 144 valence electrons. The van der Waals surface area contributed by atoms with Gasteiger partial charge in [-0.3, -0.25) is 4.79 Å². The van der Waals surface area contributed by atoms with E-state index in [9.17, 15) is 9.59 Å². The van der Waals surface area contributed by atoms with E-state index in [2.05, 4.69) is 20.8 Å². The zero-order chi connectivity index (χ0) is 19.1. The molecule has 0 aliphatic carbocycles. The molecule has 1 fully saturated rings. The Morgan fingerprint density at radius 3 is 2.89 bits per heavy atom. The van der Waals surface area contributed by atoms with Gasteiger partial charge in [-0.25, -0.2) is 4.79 Å². The summed E-state index contributed by atoms with van der Waals surface area (Å²) in [5, 5.41) is 15.0. The van der Waals surface area contributed by atoms with E-state index < -0.39 is 0 Å². The molecule has 9 heteroatoms. The monoisotopic (exact) mass is 389 g/mol. The number of hydrogen-bond donors (Lipinski definition) is 2. The topological polar surface area (TPSA) is 96.4 Å². The molecule has 0 radical (unpaired) electrons. The standard InChI is InChI=1S/C18H23N5O3S/c1-26-11-9-19-18(25)23-10-5-6-13(12-23)16-21-22-17(27-16)15(24)20-14-7-3-2-4-8-14/h2-4,7-8,13H,5-6,9-12H2,1H3,(H,19,25)(H,20,24)/t13-/m0/s1. The molecule has 3 amide bonds. The van der Waals surface area contributed by atoms with Gasteiger partial charge in [0, 0.05) is 38.3 Å². The van der Waals surface area contributed by atoms with Gasteiger partial charge in [0.05, 0.1) is 6.61 Å². The maximum absolute atomic E-state index is 12.3. The number of carbonyl (C=O) groups is 2. The molecule has 0 saturated carbocycles. The molecule has 8 nitrogen and oxygen atoms in total. The first-order valence-corrected chi connectivity index (χ1v) is 9.70. The summed E-state index contributed by atoms with van der Waals surface area (Å²) >= 11 is 1.29. The summed E-state index contributed by atoms with van der Waals surface area (Å²) in [7, 11) is 1.60. The summed E-state index contributed by atoms with van der Waals surface area (Å²) in [5.74, 6) is -0.169. The average Bonchev–Trinajstić information content (AvgIpc) is 3.19. The number of para-hydroxylation sites is 1. The van der Waals surface area contributed by atoms with Crippen molar-refractivity contribution < 1.29 is 14.3 Å². The second kappa shape index (κ2) is 9.43. The highest BCUT2D eigenvalue weighted by atomic mass is 32.1. The van der Waals surface area contributed by atoms with Crippen LogP contribution in [-0.2, 0) is 4.74 Å². The van der Waals surface area contributed by atoms with Crippen molar-refractivity contribution in [2.75, 3.05) is 38.7 Å². The van der Waals surface area contributed by atoms with Gasteiger partial charge in [0.15, 0.2) is 0 Å². The SMILES string of the molecule is COCCNC(=O)N1CCC[C@H](c2nnc(C(=O)Nc3ccccc3)s2)C1. The number of anilines is 1. The van der Waals surface area contributed by atoms with Gasteiger partial charge in [0.25, 0.3) is 5.91 Å². The molecule has 0 unspecified atom stereocenters. The van der Waals surface area contributed by atoms with Crippen LogP contribution < -0.4 is 10.6 Å². The predicted octanol–water partition coefficient (Wildman–Crippen LogP) is 2.33. The van der Waals surface area contributed by atoms with E-state index in [1.807, 2.05) is 30.3 Å². The van der Waals surface area contributed by atoms with Crippen molar-refractivity contribution in [2.24, 2.45) is 0 Å². The molecule has 1 saturated heterocycles. The van der Waals surface area contributed by atoms with Crippen LogP contribution in [0.1, 0.15) is 33.6 Å². The van der Waals surface area contributed by atoms with Gasteiger partial charge in [-0.15, -0.1) is 10.2 Å². The first-order valence-electron chi connectivity index (χ1n) is 8.89. The largest absolute Gasteiger partial charge is 0.383 e. The number of amides is 3. The third-order valence-corrected chi connectivity index (χ3v) is 5.39. The van der Waals surface area contributed by atoms with E-state index >= 15 is 0 Å². The number of carbonyl (C=O) groups excluding carboxylic acids is 2. The average molecular weight is 389 g/mol. The molecule has 2 N–H and O–H groups in total. The molecule has 0 spiro atoms. The third-order valence-electron chi connectivity index (χ3n) is 4.31. The Bertz CT molecular complexity index is 767. The van der Waals surface area contributed by atoms with Gasteiger partial charge in [0.1, 0.15) is 5.01 Å². The number of benzene rings is 1. The number of ether oxygens (including phenoxy) is 1. The molecule has 1 atom stereocenters. The number of likely N-dealkylation sites (tertiary alicyclic amines) is 1. The van der Waals surface area contributed by atoms with Crippen molar-refractivity contribution in [2.45, 2.75) is 18.8 Å². The number of urea groups is 1. The zero-order valence-electron chi connectivity index (χ0n) is 15.2. The molecule has 1 aromatic heterocycles. The normalized spacial score (nSPS) is 16.8. The Labute approximate surface area is 161 Å². The fraction of sp³-hybridized carbons (Fsp3) is 0.444. The Balaban J connectivity index is 1.58. The van der Waals surface area contributed by atoms with E-state index in [0.717, 1.165) is 30.1 Å². The number of aromatic nitrogens is 2.